The van der Waals surface area contributed by atoms with Crippen LogP contribution in [0, 0.1) is 11.3 Å². The molecule has 3 aromatic heterocycles. The van der Waals surface area contributed by atoms with Gasteiger partial charge in [0.25, 0.3) is 0 Å². The lowest BCUT2D eigenvalue weighted by Crippen LogP contribution is -1.98. The molecule has 0 N–H and O–H groups in total. The van der Waals surface area contributed by atoms with Gasteiger partial charge in [-0.15, -0.1) is 11.3 Å². The third-order valence-electron chi connectivity index (χ3n) is 3.41. The Morgan fingerprint density at radius 3 is 3.05 bits per heavy atom. The van der Waals surface area contributed by atoms with E-state index in [0.717, 1.165) is 21.6 Å². The Balaban J connectivity index is 1.79. The van der Waals surface area contributed by atoms with Gasteiger partial charge in [-0.2, -0.15) is 5.26 Å². The zero-order valence-electron chi connectivity index (χ0n) is 10.5. The lowest BCUT2D eigenvalue weighted by atomic mass is 10.1. The van der Waals surface area contributed by atoms with E-state index in [0.29, 0.717) is 12.1 Å². The zero-order valence-corrected chi connectivity index (χ0v) is 11.3. The molecule has 96 valence electrons. The first kappa shape index (κ1) is 11.3. The van der Waals surface area contributed by atoms with Gasteiger partial charge >= 0.3 is 0 Å². The molecule has 20 heavy (non-hydrogen) atoms. The highest BCUT2D eigenvalue weighted by Gasteiger charge is 2.08. The predicted octanol–water partition coefficient (Wildman–Crippen LogP) is 3.27. The minimum atomic E-state index is 0.715. The Morgan fingerprint density at radius 1 is 1.25 bits per heavy atom. The van der Waals surface area contributed by atoms with E-state index in [4.69, 9.17) is 5.26 Å². The maximum absolute atomic E-state index is 9.13. The molecule has 1 aromatic carbocycles. The van der Waals surface area contributed by atoms with Gasteiger partial charge in [0, 0.05) is 34.9 Å². The lowest BCUT2D eigenvalue weighted by molar-refractivity contribution is 0.815. The number of hydrogen-bond acceptors (Lipinski definition) is 3. The molecule has 0 amide bonds. The summed E-state index contributed by atoms with van der Waals surface area (Å²) in [6.07, 6.45) is 6.07. The van der Waals surface area contributed by atoms with Crippen molar-refractivity contribution in [3.63, 3.8) is 0 Å². The van der Waals surface area contributed by atoms with Crippen molar-refractivity contribution >= 4 is 27.2 Å². The standard InChI is InChI=1S/C15H10N4S/c16-8-11-2-1-3-14-13(11)4-5-18(14)9-12-10-19-6-7-20-15(19)17-12/h1-7,10H,9H2. The van der Waals surface area contributed by atoms with Crippen LogP contribution in [0.3, 0.4) is 0 Å². The molecule has 3 heterocycles. The molecule has 0 fully saturated rings. The Labute approximate surface area is 119 Å². The van der Waals surface area contributed by atoms with Gasteiger partial charge in [0.05, 0.1) is 23.9 Å². The van der Waals surface area contributed by atoms with Gasteiger partial charge in [-0.1, -0.05) is 6.07 Å². The molecule has 0 atom stereocenters. The van der Waals surface area contributed by atoms with E-state index in [1.54, 1.807) is 11.3 Å². The van der Waals surface area contributed by atoms with Crippen LogP contribution in [0.4, 0.5) is 0 Å². The topological polar surface area (TPSA) is 46.0 Å². The quantitative estimate of drug-likeness (QED) is 0.565. The SMILES string of the molecule is N#Cc1cccc2c1ccn2Cc1cn2ccsc2n1. The highest BCUT2D eigenvalue weighted by molar-refractivity contribution is 7.15. The molecule has 0 bridgehead atoms. The fourth-order valence-electron chi connectivity index (χ4n) is 2.49. The minimum absolute atomic E-state index is 0.715. The van der Waals surface area contributed by atoms with Crippen molar-refractivity contribution in [2.45, 2.75) is 6.54 Å². The summed E-state index contributed by atoms with van der Waals surface area (Å²) >= 11 is 1.63. The van der Waals surface area contributed by atoms with Crippen molar-refractivity contribution in [1.82, 2.24) is 14.0 Å². The van der Waals surface area contributed by atoms with Gasteiger partial charge in [-0.05, 0) is 18.2 Å². The van der Waals surface area contributed by atoms with E-state index in [2.05, 4.69) is 15.6 Å². The van der Waals surface area contributed by atoms with Gasteiger partial charge in [0.15, 0.2) is 4.96 Å². The fourth-order valence-corrected chi connectivity index (χ4v) is 3.20. The van der Waals surface area contributed by atoms with Crippen LogP contribution in [0.25, 0.3) is 15.9 Å². The molecule has 0 spiro atoms. The smallest absolute Gasteiger partial charge is 0.193 e. The van der Waals surface area contributed by atoms with E-state index in [-0.39, 0.29) is 0 Å². The Bertz CT molecular complexity index is 923. The number of benzene rings is 1. The molecule has 4 nitrogen and oxygen atoms in total. The van der Waals surface area contributed by atoms with Crippen LogP contribution in [0.1, 0.15) is 11.3 Å². The molecular formula is C15H10N4S. The first-order chi connectivity index (χ1) is 9.85. The number of hydrogen-bond donors (Lipinski definition) is 0. The zero-order chi connectivity index (χ0) is 13.5. The number of nitrogens with zero attached hydrogens (tertiary/aromatic N) is 4. The summed E-state index contributed by atoms with van der Waals surface area (Å²) in [6.45, 7) is 0.715. The van der Waals surface area contributed by atoms with Gasteiger partial charge < -0.3 is 4.57 Å². The van der Waals surface area contributed by atoms with Crippen molar-refractivity contribution in [2.24, 2.45) is 0 Å². The largest absolute Gasteiger partial charge is 0.341 e. The second-order valence-corrected chi connectivity index (χ2v) is 5.49. The van der Waals surface area contributed by atoms with E-state index < -0.39 is 0 Å². The third kappa shape index (κ3) is 1.63. The number of nitriles is 1. The number of thiazole rings is 1. The van der Waals surface area contributed by atoms with Crippen molar-refractivity contribution in [3.05, 3.63) is 59.5 Å². The fraction of sp³-hybridized carbons (Fsp3) is 0.0667. The number of rotatable bonds is 2. The number of fused-ring (bicyclic) bond motifs is 2. The lowest BCUT2D eigenvalue weighted by Gasteiger charge is -2.02. The van der Waals surface area contributed by atoms with Crippen LogP contribution in [0.2, 0.25) is 0 Å². The van der Waals surface area contributed by atoms with Gasteiger partial charge in [-0.3, -0.25) is 4.40 Å². The molecule has 0 unspecified atom stereocenters. The summed E-state index contributed by atoms with van der Waals surface area (Å²) in [4.78, 5) is 5.60. The normalized spacial score (nSPS) is 11.2. The first-order valence-electron chi connectivity index (χ1n) is 6.24. The molecule has 0 aliphatic rings. The van der Waals surface area contributed by atoms with Crippen LogP contribution in [-0.2, 0) is 6.54 Å². The van der Waals surface area contributed by atoms with Crippen molar-refractivity contribution in [2.75, 3.05) is 0 Å². The van der Waals surface area contributed by atoms with Crippen LogP contribution < -0.4 is 0 Å². The van der Waals surface area contributed by atoms with Gasteiger partial charge in [0.1, 0.15) is 0 Å². The number of aromatic nitrogens is 3. The summed E-state index contributed by atoms with van der Waals surface area (Å²) in [6, 6.07) is 10.0. The summed E-state index contributed by atoms with van der Waals surface area (Å²) in [5, 5.41) is 12.1. The molecule has 5 heteroatoms. The maximum atomic E-state index is 9.13. The van der Waals surface area contributed by atoms with Gasteiger partial charge in [-0.25, -0.2) is 4.98 Å². The predicted molar refractivity (Wildman–Crippen MR) is 78.8 cm³/mol. The van der Waals surface area contributed by atoms with Crippen molar-refractivity contribution in [1.29, 1.82) is 5.26 Å². The highest BCUT2D eigenvalue weighted by Crippen LogP contribution is 2.21. The van der Waals surface area contributed by atoms with Crippen LogP contribution in [-0.4, -0.2) is 14.0 Å². The molecule has 4 aromatic rings. The second-order valence-electron chi connectivity index (χ2n) is 4.62. The van der Waals surface area contributed by atoms with E-state index in [1.165, 1.54) is 0 Å². The van der Waals surface area contributed by atoms with Crippen LogP contribution in [0.5, 0.6) is 0 Å². The highest BCUT2D eigenvalue weighted by atomic mass is 32.1. The van der Waals surface area contributed by atoms with Crippen LogP contribution in [0.15, 0.2) is 48.2 Å². The summed E-state index contributed by atoms with van der Waals surface area (Å²) in [5.74, 6) is 0. The Morgan fingerprint density at radius 2 is 2.20 bits per heavy atom. The Kier molecular flexibility index (Phi) is 2.38. The average molecular weight is 278 g/mol. The van der Waals surface area contributed by atoms with Gasteiger partial charge in [0.2, 0.25) is 0 Å². The Hall–Kier alpha value is -2.58. The van der Waals surface area contributed by atoms with Crippen LogP contribution >= 0.6 is 11.3 Å². The first-order valence-corrected chi connectivity index (χ1v) is 7.12. The van der Waals surface area contributed by atoms with E-state index in [9.17, 15) is 0 Å². The third-order valence-corrected chi connectivity index (χ3v) is 4.18. The van der Waals surface area contributed by atoms with E-state index >= 15 is 0 Å². The molecule has 0 aliphatic carbocycles. The summed E-state index contributed by atoms with van der Waals surface area (Å²) in [5.41, 5.74) is 2.81. The van der Waals surface area contributed by atoms with E-state index in [1.807, 2.05) is 52.6 Å². The second kappa shape index (κ2) is 4.22. The number of imidazole rings is 1. The average Bonchev–Trinajstić information content (AvgIpc) is 3.13. The molecule has 4 rings (SSSR count). The van der Waals surface area contributed by atoms with Crippen molar-refractivity contribution < 1.29 is 0 Å². The molecule has 0 saturated carbocycles. The minimum Gasteiger partial charge on any atom is -0.341 e. The van der Waals surface area contributed by atoms with Crippen molar-refractivity contribution in [3.8, 4) is 6.07 Å². The maximum Gasteiger partial charge on any atom is 0.193 e. The molecule has 0 saturated heterocycles. The molecule has 0 radical (unpaired) electrons. The molecular weight excluding hydrogens is 268 g/mol. The molecule has 0 aliphatic heterocycles. The summed E-state index contributed by atoms with van der Waals surface area (Å²) in [7, 11) is 0. The monoisotopic (exact) mass is 278 g/mol. The summed E-state index contributed by atoms with van der Waals surface area (Å²) < 4.78 is 4.16.